The van der Waals surface area contributed by atoms with E-state index < -0.39 is 0 Å². The minimum Gasteiger partial charge on any atom is -0.497 e. The average molecular weight is 399 g/mol. The van der Waals surface area contributed by atoms with Crippen molar-refractivity contribution in [2.75, 3.05) is 37.9 Å². The molecule has 0 atom stereocenters. The van der Waals surface area contributed by atoms with E-state index in [-0.39, 0.29) is 24.3 Å². The Morgan fingerprint density at radius 3 is 1.86 bits per heavy atom. The van der Waals surface area contributed by atoms with Gasteiger partial charge in [-0.25, -0.2) is 0 Å². The number of hydrogen-bond donors (Lipinski definition) is 2. The molecule has 0 aliphatic heterocycles. The monoisotopic (exact) mass is 399 g/mol. The van der Waals surface area contributed by atoms with Crippen LogP contribution < -0.4 is 20.1 Å². The number of amides is 3. The summed E-state index contributed by atoms with van der Waals surface area (Å²) in [5.41, 5.74) is 1.57. The van der Waals surface area contributed by atoms with Gasteiger partial charge in [-0.2, -0.15) is 0 Å². The molecule has 154 valence electrons. The van der Waals surface area contributed by atoms with Crippen LogP contribution in [0.15, 0.2) is 42.5 Å². The summed E-state index contributed by atoms with van der Waals surface area (Å²) in [7, 11) is 3.01. The Hall–Kier alpha value is -3.55. The zero-order valence-corrected chi connectivity index (χ0v) is 16.9. The second kappa shape index (κ2) is 10.1. The number of benzene rings is 2. The predicted octanol–water partition coefficient (Wildman–Crippen LogP) is 2.76. The number of nitrogens with zero attached hydrogens (tertiary/aromatic N) is 1. The number of likely N-dealkylation sites (N-methyl/N-ethyl adjacent to an activating group) is 1. The zero-order valence-electron chi connectivity index (χ0n) is 16.9. The van der Waals surface area contributed by atoms with E-state index in [1.807, 2.05) is 0 Å². The first kappa shape index (κ1) is 21.7. The van der Waals surface area contributed by atoms with Crippen LogP contribution >= 0.6 is 0 Å². The highest BCUT2D eigenvalue weighted by atomic mass is 16.5. The van der Waals surface area contributed by atoms with E-state index in [0.29, 0.717) is 35.0 Å². The van der Waals surface area contributed by atoms with E-state index in [1.54, 1.807) is 49.4 Å². The molecule has 0 fully saturated rings. The highest BCUT2D eigenvalue weighted by molar-refractivity contribution is 6.00. The first-order valence-electron chi connectivity index (χ1n) is 9.06. The lowest BCUT2D eigenvalue weighted by Crippen LogP contribution is -2.37. The largest absolute Gasteiger partial charge is 0.497 e. The lowest BCUT2D eigenvalue weighted by molar-refractivity contribution is -0.117. The van der Waals surface area contributed by atoms with Crippen LogP contribution in [0.5, 0.6) is 11.5 Å². The molecule has 0 saturated heterocycles. The van der Waals surface area contributed by atoms with Gasteiger partial charge in [-0.15, -0.1) is 0 Å². The summed E-state index contributed by atoms with van der Waals surface area (Å²) in [6.07, 6.45) is 0. The van der Waals surface area contributed by atoms with Gasteiger partial charge in [0.2, 0.25) is 11.8 Å². The number of nitrogens with one attached hydrogen (secondary N) is 2. The smallest absolute Gasteiger partial charge is 0.254 e. The van der Waals surface area contributed by atoms with E-state index in [0.717, 1.165) is 0 Å². The molecule has 29 heavy (non-hydrogen) atoms. The molecule has 0 radical (unpaired) electrons. The van der Waals surface area contributed by atoms with Gasteiger partial charge in [0.15, 0.2) is 0 Å². The Labute approximate surface area is 169 Å². The zero-order chi connectivity index (χ0) is 21.4. The summed E-state index contributed by atoms with van der Waals surface area (Å²) in [5.74, 6) is 0.177. The number of anilines is 2. The molecule has 2 aromatic carbocycles. The van der Waals surface area contributed by atoms with E-state index in [9.17, 15) is 14.4 Å². The van der Waals surface area contributed by atoms with Crippen molar-refractivity contribution in [2.24, 2.45) is 0 Å². The van der Waals surface area contributed by atoms with Crippen molar-refractivity contribution in [1.82, 2.24) is 4.90 Å². The fraction of sp³-hybridized carbons (Fsp3) is 0.286. The third-order valence-corrected chi connectivity index (χ3v) is 4.09. The fourth-order valence-electron chi connectivity index (χ4n) is 2.65. The van der Waals surface area contributed by atoms with Gasteiger partial charge in [0, 0.05) is 36.5 Å². The van der Waals surface area contributed by atoms with Crippen molar-refractivity contribution in [3.8, 4) is 11.5 Å². The van der Waals surface area contributed by atoms with E-state index in [2.05, 4.69) is 10.6 Å². The molecule has 0 aliphatic carbocycles. The van der Waals surface area contributed by atoms with Crippen LogP contribution in [-0.2, 0) is 9.59 Å². The quantitative estimate of drug-likeness (QED) is 0.711. The Morgan fingerprint density at radius 2 is 1.41 bits per heavy atom. The molecular formula is C21H25N3O5. The number of hydrogen-bond acceptors (Lipinski definition) is 5. The van der Waals surface area contributed by atoms with Gasteiger partial charge in [-0.05, 0) is 43.3 Å². The Morgan fingerprint density at radius 1 is 0.897 bits per heavy atom. The van der Waals surface area contributed by atoms with Crippen molar-refractivity contribution in [1.29, 1.82) is 0 Å². The van der Waals surface area contributed by atoms with Crippen LogP contribution in [0.4, 0.5) is 11.4 Å². The normalized spacial score (nSPS) is 10.1. The number of ether oxygens (including phenoxy) is 2. The first-order chi connectivity index (χ1) is 13.9. The van der Waals surface area contributed by atoms with Crippen molar-refractivity contribution in [3.05, 3.63) is 48.0 Å². The fourth-order valence-corrected chi connectivity index (χ4v) is 2.65. The minimum atomic E-state index is -0.331. The predicted molar refractivity (Wildman–Crippen MR) is 110 cm³/mol. The standard InChI is InChI=1S/C21H25N3O5/c1-5-24(21(27)15-10-18(28-3)12-19(11-15)29-4)13-20(26)23-17-8-6-16(7-9-17)22-14(2)25/h6-12H,5,13H2,1-4H3,(H,22,25)(H,23,26). The van der Waals surface area contributed by atoms with Gasteiger partial charge >= 0.3 is 0 Å². The minimum absolute atomic E-state index is 0.109. The molecule has 2 rings (SSSR count). The molecular weight excluding hydrogens is 374 g/mol. The lowest BCUT2D eigenvalue weighted by Gasteiger charge is -2.21. The molecule has 0 aliphatic rings. The molecule has 0 heterocycles. The van der Waals surface area contributed by atoms with Gasteiger partial charge in [-0.1, -0.05) is 0 Å². The van der Waals surface area contributed by atoms with Gasteiger partial charge in [0.25, 0.3) is 5.91 Å². The van der Waals surface area contributed by atoms with Crippen molar-refractivity contribution >= 4 is 29.1 Å². The molecule has 3 amide bonds. The highest BCUT2D eigenvalue weighted by Crippen LogP contribution is 2.23. The van der Waals surface area contributed by atoms with Gasteiger partial charge in [0.1, 0.15) is 18.0 Å². The highest BCUT2D eigenvalue weighted by Gasteiger charge is 2.19. The van der Waals surface area contributed by atoms with E-state index >= 15 is 0 Å². The molecule has 2 aromatic rings. The summed E-state index contributed by atoms with van der Waals surface area (Å²) < 4.78 is 10.4. The molecule has 0 saturated carbocycles. The Kier molecular flexibility index (Phi) is 7.59. The Balaban J connectivity index is 2.05. The van der Waals surface area contributed by atoms with E-state index in [4.69, 9.17) is 9.47 Å². The van der Waals surface area contributed by atoms with Crippen LogP contribution in [-0.4, -0.2) is 49.9 Å². The third-order valence-electron chi connectivity index (χ3n) is 4.09. The molecule has 0 bridgehead atoms. The maximum Gasteiger partial charge on any atom is 0.254 e. The van der Waals surface area contributed by atoms with E-state index in [1.165, 1.54) is 26.0 Å². The maximum absolute atomic E-state index is 12.8. The lowest BCUT2D eigenvalue weighted by atomic mass is 10.1. The molecule has 2 N–H and O–H groups in total. The maximum atomic E-state index is 12.8. The van der Waals surface area contributed by atoms with Gasteiger partial charge < -0.3 is 25.0 Å². The van der Waals surface area contributed by atoms with Crippen molar-refractivity contribution < 1.29 is 23.9 Å². The molecule has 0 spiro atoms. The SMILES string of the molecule is CCN(CC(=O)Nc1ccc(NC(C)=O)cc1)C(=O)c1cc(OC)cc(OC)c1. The van der Waals surface area contributed by atoms with Crippen LogP contribution in [0.1, 0.15) is 24.2 Å². The average Bonchev–Trinajstić information content (AvgIpc) is 2.72. The summed E-state index contributed by atoms with van der Waals surface area (Å²) in [6.45, 7) is 3.46. The summed E-state index contributed by atoms with van der Waals surface area (Å²) in [6, 6.07) is 11.6. The van der Waals surface area contributed by atoms with Crippen LogP contribution in [0.2, 0.25) is 0 Å². The van der Waals surface area contributed by atoms with Crippen LogP contribution in [0.25, 0.3) is 0 Å². The number of rotatable bonds is 8. The molecule has 8 nitrogen and oxygen atoms in total. The van der Waals surface area contributed by atoms with Crippen molar-refractivity contribution in [3.63, 3.8) is 0 Å². The molecule has 8 heteroatoms. The Bertz CT molecular complexity index is 858. The number of methoxy groups -OCH3 is 2. The molecule has 0 aromatic heterocycles. The second-order valence-electron chi connectivity index (χ2n) is 6.23. The van der Waals surface area contributed by atoms with Crippen molar-refractivity contribution in [2.45, 2.75) is 13.8 Å². The summed E-state index contributed by atoms with van der Waals surface area (Å²) in [5, 5.41) is 5.40. The summed E-state index contributed by atoms with van der Waals surface area (Å²) >= 11 is 0. The summed E-state index contributed by atoms with van der Waals surface area (Å²) in [4.78, 5) is 37.7. The molecule has 0 unspecified atom stereocenters. The second-order valence-corrected chi connectivity index (χ2v) is 6.23. The number of carbonyl (C=O) groups excluding carboxylic acids is 3. The van der Waals surface area contributed by atoms with Crippen LogP contribution in [0.3, 0.4) is 0 Å². The third kappa shape index (κ3) is 6.24. The topological polar surface area (TPSA) is 97.0 Å². The number of carbonyl (C=O) groups is 3. The van der Waals surface area contributed by atoms with Gasteiger partial charge in [0.05, 0.1) is 14.2 Å². The van der Waals surface area contributed by atoms with Crippen LogP contribution in [0, 0.1) is 0 Å². The first-order valence-corrected chi connectivity index (χ1v) is 9.06. The van der Waals surface area contributed by atoms with Gasteiger partial charge in [-0.3, -0.25) is 14.4 Å².